The van der Waals surface area contributed by atoms with Gasteiger partial charge in [0.25, 0.3) is 5.91 Å². The van der Waals surface area contributed by atoms with Gasteiger partial charge < -0.3 is 10.1 Å². The Morgan fingerprint density at radius 2 is 1.94 bits per heavy atom. The second kappa shape index (κ2) is 10.4. The molecular weight excluding hydrogens is 467 g/mol. The minimum atomic E-state index is -0.533. The van der Waals surface area contributed by atoms with Gasteiger partial charge in [-0.25, -0.2) is 0 Å². The maximum Gasteiger partial charge on any atom is 0.252 e. The molecule has 0 aliphatic carbocycles. The van der Waals surface area contributed by atoms with Gasteiger partial charge in [-0.15, -0.1) is 0 Å². The van der Waals surface area contributed by atoms with Crippen LogP contribution in [0.15, 0.2) is 64.9 Å². The van der Waals surface area contributed by atoms with Crippen LogP contribution in [0.2, 0.25) is 10.0 Å². The van der Waals surface area contributed by atoms with Crippen LogP contribution in [0.25, 0.3) is 5.70 Å². The van der Waals surface area contributed by atoms with Gasteiger partial charge in [0.15, 0.2) is 0 Å². The minimum absolute atomic E-state index is 0.226. The lowest BCUT2D eigenvalue weighted by molar-refractivity contribution is -0.118. The van der Waals surface area contributed by atoms with Crippen LogP contribution < -0.4 is 15.5 Å². The first kappa shape index (κ1) is 22.7. The maximum atomic E-state index is 13.4. The summed E-state index contributed by atoms with van der Waals surface area (Å²) in [6, 6.07) is 14.9. The zero-order valence-corrected chi connectivity index (χ0v) is 19.7. The zero-order chi connectivity index (χ0) is 22.5. The first-order chi connectivity index (χ1) is 15.6. The molecule has 2 N–H and O–H groups in total. The summed E-state index contributed by atoms with van der Waals surface area (Å²) < 4.78 is 5.78. The smallest absolute Gasteiger partial charge is 0.252 e. The Labute approximate surface area is 200 Å². The highest BCUT2D eigenvalue weighted by molar-refractivity contribution is 7.08. The van der Waals surface area contributed by atoms with Gasteiger partial charge in [-0.1, -0.05) is 41.4 Å². The van der Waals surface area contributed by atoms with Gasteiger partial charge in [-0.2, -0.15) is 11.3 Å². The molecule has 1 atom stereocenters. The van der Waals surface area contributed by atoms with Crippen LogP contribution in [0.4, 0.5) is 0 Å². The first-order valence-corrected chi connectivity index (χ1v) is 11.9. The van der Waals surface area contributed by atoms with E-state index in [1.807, 2.05) is 48.0 Å². The number of halogens is 2. The predicted molar refractivity (Wildman–Crippen MR) is 129 cm³/mol. The molecule has 2 aromatic carbocycles. The summed E-state index contributed by atoms with van der Waals surface area (Å²) in [6.45, 7) is 2.81. The van der Waals surface area contributed by atoms with Gasteiger partial charge in [-0.3, -0.25) is 15.1 Å². The van der Waals surface area contributed by atoms with E-state index in [2.05, 4.69) is 10.8 Å². The molecule has 0 bridgehead atoms. The lowest BCUT2D eigenvalue weighted by Crippen LogP contribution is -2.29. The number of rotatable bonds is 8. The van der Waals surface area contributed by atoms with Crippen LogP contribution in [0.3, 0.4) is 0 Å². The molecular formula is C24H22Cl2N2O3S. The van der Waals surface area contributed by atoms with E-state index in [1.54, 1.807) is 29.5 Å². The molecule has 1 aliphatic rings. The van der Waals surface area contributed by atoms with Crippen molar-refractivity contribution in [3.63, 3.8) is 0 Å². The van der Waals surface area contributed by atoms with E-state index < -0.39 is 6.10 Å². The summed E-state index contributed by atoms with van der Waals surface area (Å²) >= 11 is 14.1. The number of nitrogens with one attached hydrogen (secondary N) is 2. The van der Waals surface area contributed by atoms with Crippen LogP contribution in [0.1, 0.15) is 29.7 Å². The van der Waals surface area contributed by atoms with Crippen molar-refractivity contribution in [3.05, 3.63) is 91.6 Å². The van der Waals surface area contributed by atoms with E-state index in [9.17, 15) is 4.79 Å². The number of ether oxygens (including phenoxy) is 1. The number of hydrogen-bond donors (Lipinski definition) is 2. The van der Waals surface area contributed by atoms with Crippen LogP contribution in [0.5, 0.6) is 5.75 Å². The minimum Gasteiger partial charge on any atom is -0.493 e. The topological polar surface area (TPSA) is 59.6 Å². The van der Waals surface area contributed by atoms with Crippen LogP contribution >= 0.6 is 34.5 Å². The second-order valence-corrected chi connectivity index (χ2v) is 8.68. The number of para-hydroxylation sites is 1. The number of amides is 1. The summed E-state index contributed by atoms with van der Waals surface area (Å²) in [5, 5.41) is 8.10. The molecule has 5 nitrogen and oxygen atoms in total. The van der Waals surface area contributed by atoms with E-state index in [0.717, 1.165) is 16.7 Å². The van der Waals surface area contributed by atoms with Crippen molar-refractivity contribution < 1.29 is 14.4 Å². The standard InChI is InChI=1S/C24H22Cl2N2O3S/c1-2-30-20-9-4-3-6-17(20)22-21(23(31-28-22)15-11-13-32-14-15)24(29)27-12-10-16-18(25)7-5-8-19(16)26/h3-9,11,13-14,23,28H,2,10,12H2,1H3,(H,27,29)/t23-/m0/s1. The molecule has 0 unspecified atom stereocenters. The molecule has 1 amide bonds. The van der Waals surface area contributed by atoms with Crippen molar-refractivity contribution in [3.8, 4) is 5.75 Å². The monoisotopic (exact) mass is 488 g/mol. The predicted octanol–water partition coefficient (Wildman–Crippen LogP) is 5.80. The quantitative estimate of drug-likeness (QED) is 0.420. The Balaban J connectivity index is 1.63. The van der Waals surface area contributed by atoms with Gasteiger partial charge in [-0.05, 0) is 65.6 Å². The number of carbonyl (C=O) groups excluding carboxylic acids is 1. The number of thiophene rings is 1. The third-order valence-electron chi connectivity index (χ3n) is 5.08. The normalized spacial score (nSPS) is 15.5. The Hall–Kier alpha value is -2.51. The third kappa shape index (κ3) is 4.79. The summed E-state index contributed by atoms with van der Waals surface area (Å²) in [6.07, 6.45) is -0.0189. The fourth-order valence-electron chi connectivity index (χ4n) is 3.58. The zero-order valence-electron chi connectivity index (χ0n) is 17.4. The molecule has 32 heavy (non-hydrogen) atoms. The van der Waals surface area contributed by atoms with Gasteiger partial charge in [0, 0.05) is 22.2 Å². The van der Waals surface area contributed by atoms with E-state index >= 15 is 0 Å². The van der Waals surface area contributed by atoms with Crippen LogP contribution in [-0.4, -0.2) is 19.1 Å². The van der Waals surface area contributed by atoms with Crippen LogP contribution in [-0.2, 0) is 16.1 Å². The average molecular weight is 489 g/mol. The van der Waals surface area contributed by atoms with Crippen molar-refractivity contribution in [2.45, 2.75) is 19.4 Å². The number of carbonyl (C=O) groups is 1. The molecule has 0 fully saturated rings. The van der Waals surface area contributed by atoms with Gasteiger partial charge in [0.1, 0.15) is 11.9 Å². The highest BCUT2D eigenvalue weighted by atomic mass is 35.5. The Morgan fingerprint density at radius 3 is 2.66 bits per heavy atom. The Kier molecular flexibility index (Phi) is 7.37. The summed E-state index contributed by atoms with van der Waals surface area (Å²) in [4.78, 5) is 19.2. The summed E-state index contributed by atoms with van der Waals surface area (Å²) in [7, 11) is 0. The SMILES string of the molecule is CCOc1ccccc1C1=C(C(=O)NCCc2c(Cl)cccc2Cl)[C@H](c2ccsc2)ON1. The molecule has 0 spiro atoms. The van der Waals surface area contributed by atoms with Crippen LogP contribution in [0, 0.1) is 0 Å². The lowest BCUT2D eigenvalue weighted by atomic mass is 9.98. The third-order valence-corrected chi connectivity index (χ3v) is 6.49. The number of benzene rings is 2. The molecule has 1 aliphatic heterocycles. The van der Waals surface area contributed by atoms with Crippen molar-refractivity contribution in [2.75, 3.05) is 13.2 Å². The van der Waals surface area contributed by atoms with Crippen molar-refractivity contribution in [1.29, 1.82) is 0 Å². The fourth-order valence-corrected chi connectivity index (χ4v) is 4.84. The fraction of sp³-hybridized carbons (Fsp3) is 0.208. The van der Waals surface area contributed by atoms with Crippen molar-refractivity contribution in [1.82, 2.24) is 10.8 Å². The highest BCUT2D eigenvalue weighted by Gasteiger charge is 2.35. The van der Waals surface area contributed by atoms with Gasteiger partial charge in [0.05, 0.1) is 17.9 Å². The molecule has 166 valence electrons. The molecule has 1 aromatic heterocycles. The largest absolute Gasteiger partial charge is 0.493 e. The molecule has 0 saturated heterocycles. The summed E-state index contributed by atoms with van der Waals surface area (Å²) in [5.74, 6) is 0.455. The molecule has 0 radical (unpaired) electrons. The number of hydrogen-bond acceptors (Lipinski definition) is 5. The first-order valence-electron chi connectivity index (χ1n) is 10.2. The Morgan fingerprint density at radius 1 is 1.16 bits per heavy atom. The average Bonchev–Trinajstić information content (AvgIpc) is 3.46. The highest BCUT2D eigenvalue weighted by Crippen LogP contribution is 2.39. The van der Waals surface area contributed by atoms with E-state index in [-0.39, 0.29) is 5.91 Å². The van der Waals surface area contributed by atoms with E-state index in [0.29, 0.717) is 46.6 Å². The van der Waals surface area contributed by atoms with Gasteiger partial charge in [0.2, 0.25) is 0 Å². The maximum absolute atomic E-state index is 13.4. The van der Waals surface area contributed by atoms with Crippen molar-refractivity contribution in [2.24, 2.45) is 0 Å². The molecule has 0 saturated carbocycles. The summed E-state index contributed by atoms with van der Waals surface area (Å²) in [5.41, 5.74) is 6.55. The lowest BCUT2D eigenvalue weighted by Gasteiger charge is -2.14. The van der Waals surface area contributed by atoms with E-state index in [1.165, 1.54) is 0 Å². The molecule has 4 rings (SSSR count). The molecule has 8 heteroatoms. The Bertz CT molecular complexity index is 1110. The van der Waals surface area contributed by atoms with Gasteiger partial charge >= 0.3 is 0 Å². The van der Waals surface area contributed by atoms with Crippen molar-refractivity contribution >= 4 is 46.1 Å². The molecule has 3 aromatic rings. The number of hydroxylamine groups is 1. The second-order valence-electron chi connectivity index (χ2n) is 7.08. The molecule has 2 heterocycles. The van der Waals surface area contributed by atoms with E-state index in [4.69, 9.17) is 32.8 Å².